The van der Waals surface area contributed by atoms with Crippen LogP contribution in [-0.2, 0) is 23.9 Å². The highest BCUT2D eigenvalue weighted by molar-refractivity contribution is 6.42. The number of aliphatic hydroxyl groups is 1. The number of Topliss-reactive ketones (excluding diaryl/α,β-unsaturated/α-hetero) is 1. The number of nitrogens with one attached hydrogen (secondary N) is 1. The lowest BCUT2D eigenvalue weighted by Gasteiger charge is -2.17. The molecule has 5 aliphatic heterocycles. The fraction of sp³-hybridized carbons (Fsp3) is 0.265. The Labute approximate surface area is 254 Å². The zero-order chi connectivity index (χ0) is 31.3. The number of fused-ring (bicyclic) bond motifs is 5. The Kier molecular flexibility index (Phi) is 7.36. The summed E-state index contributed by atoms with van der Waals surface area (Å²) in [5.41, 5.74) is 8.28. The third-order valence-electron chi connectivity index (χ3n) is 8.33. The molecule has 10 heteroatoms. The molecule has 1 unspecified atom stereocenters. The molecule has 1 saturated heterocycles. The van der Waals surface area contributed by atoms with Gasteiger partial charge in [0.15, 0.2) is 5.78 Å². The topological polar surface area (TPSA) is 139 Å². The number of aliphatic hydroxyl groups excluding tert-OH is 1. The first-order valence-electron chi connectivity index (χ1n) is 14.4. The van der Waals surface area contributed by atoms with Crippen LogP contribution in [0.25, 0.3) is 0 Å². The minimum Gasteiger partial charge on any atom is -0.515 e. The lowest BCUT2D eigenvalue weighted by atomic mass is 9.91. The largest absolute Gasteiger partial charge is 0.515 e. The molecule has 223 valence electrons. The minimum absolute atomic E-state index is 0.140. The highest BCUT2D eigenvalue weighted by Crippen LogP contribution is 2.45. The Morgan fingerprint density at radius 1 is 1.14 bits per heavy atom. The molecule has 1 radical (unpaired) electrons. The van der Waals surface area contributed by atoms with Crippen molar-refractivity contribution in [2.45, 2.75) is 33.6 Å². The van der Waals surface area contributed by atoms with E-state index in [2.05, 4.69) is 11.9 Å². The van der Waals surface area contributed by atoms with Gasteiger partial charge in [0, 0.05) is 52.9 Å². The number of allylic oxidation sites excluding steroid dienone is 11. The first-order chi connectivity index (χ1) is 21.2. The Morgan fingerprint density at radius 2 is 1.93 bits per heavy atom. The second-order valence-electron chi connectivity index (χ2n) is 10.9. The van der Waals surface area contributed by atoms with Crippen LogP contribution in [0.3, 0.4) is 0 Å². The molecule has 2 N–H and O–H groups in total. The minimum atomic E-state index is -1.20. The van der Waals surface area contributed by atoms with E-state index >= 15 is 0 Å². The van der Waals surface area contributed by atoms with Crippen molar-refractivity contribution in [2.75, 3.05) is 13.7 Å². The van der Waals surface area contributed by atoms with Gasteiger partial charge in [-0.1, -0.05) is 19.6 Å². The van der Waals surface area contributed by atoms with Gasteiger partial charge in [0.1, 0.15) is 5.92 Å². The number of aliphatic imine (C=N–C) groups is 3. The second kappa shape index (κ2) is 11.2. The van der Waals surface area contributed by atoms with Crippen LogP contribution >= 0.6 is 0 Å². The molecule has 0 spiro atoms. The van der Waals surface area contributed by atoms with Crippen molar-refractivity contribution < 1.29 is 29.0 Å². The zero-order valence-corrected chi connectivity index (χ0v) is 24.9. The van der Waals surface area contributed by atoms with Crippen molar-refractivity contribution >= 4 is 34.9 Å². The highest BCUT2D eigenvalue weighted by atomic mass is 16.5. The van der Waals surface area contributed by atoms with Crippen molar-refractivity contribution in [3.8, 4) is 0 Å². The Hall–Kier alpha value is -5.12. The molecule has 10 nitrogen and oxygen atoms in total. The van der Waals surface area contributed by atoms with Gasteiger partial charge < -0.3 is 19.9 Å². The van der Waals surface area contributed by atoms with Crippen LogP contribution in [0.1, 0.15) is 33.6 Å². The summed E-state index contributed by atoms with van der Waals surface area (Å²) in [6.45, 7) is 9.21. The van der Waals surface area contributed by atoms with E-state index in [4.69, 9.17) is 24.5 Å². The first-order valence-corrected chi connectivity index (χ1v) is 14.4. The van der Waals surface area contributed by atoms with E-state index in [9.17, 15) is 19.5 Å². The summed E-state index contributed by atoms with van der Waals surface area (Å²) in [6, 6.07) is 0. The summed E-state index contributed by atoms with van der Waals surface area (Å²) >= 11 is 0. The molecule has 1 aliphatic carbocycles. The van der Waals surface area contributed by atoms with E-state index in [1.165, 1.54) is 14.0 Å². The summed E-state index contributed by atoms with van der Waals surface area (Å²) in [6.07, 6.45) is 13.1. The van der Waals surface area contributed by atoms with Gasteiger partial charge in [0.25, 0.3) is 0 Å². The molecule has 44 heavy (non-hydrogen) atoms. The summed E-state index contributed by atoms with van der Waals surface area (Å²) in [5.74, 6) is -2.99. The first kappa shape index (κ1) is 29.0. The zero-order valence-electron chi connectivity index (χ0n) is 24.9. The van der Waals surface area contributed by atoms with E-state index in [0.717, 1.165) is 17.4 Å². The van der Waals surface area contributed by atoms with Crippen LogP contribution in [0.5, 0.6) is 0 Å². The monoisotopic (exact) mass is 591 g/mol. The van der Waals surface area contributed by atoms with Gasteiger partial charge in [-0.05, 0) is 55.2 Å². The van der Waals surface area contributed by atoms with Crippen LogP contribution in [0, 0.1) is 18.3 Å². The number of rotatable bonds is 6. The van der Waals surface area contributed by atoms with E-state index in [1.54, 1.807) is 19.1 Å². The van der Waals surface area contributed by atoms with Gasteiger partial charge in [0.05, 0.1) is 54.2 Å². The number of esters is 2. The molecule has 2 fully saturated rings. The van der Waals surface area contributed by atoms with Crippen molar-refractivity contribution in [3.63, 3.8) is 0 Å². The van der Waals surface area contributed by atoms with E-state index in [-0.39, 0.29) is 18.3 Å². The normalized spacial score (nSPS) is 24.5. The average Bonchev–Trinajstić information content (AvgIpc) is 3.78. The number of nitrogens with zero attached hydrogens (tertiary/aromatic N) is 3. The maximum Gasteiger partial charge on any atom is 0.321 e. The number of methoxy groups -OCH3 is 1. The van der Waals surface area contributed by atoms with Crippen molar-refractivity contribution in [1.82, 2.24) is 5.32 Å². The fourth-order valence-electron chi connectivity index (χ4n) is 6.27. The molecule has 6 rings (SSSR count). The molecule has 8 bridgehead atoms. The predicted octanol–water partition coefficient (Wildman–Crippen LogP) is 4.55. The Balaban J connectivity index is 1.62. The van der Waals surface area contributed by atoms with E-state index in [0.29, 0.717) is 80.8 Å². The van der Waals surface area contributed by atoms with Gasteiger partial charge >= 0.3 is 11.9 Å². The predicted molar refractivity (Wildman–Crippen MR) is 165 cm³/mol. The number of ether oxygens (including phenoxy) is 2. The van der Waals surface area contributed by atoms with Crippen molar-refractivity contribution in [2.24, 2.45) is 26.8 Å². The van der Waals surface area contributed by atoms with Crippen LogP contribution < -0.4 is 5.32 Å². The highest BCUT2D eigenvalue weighted by Gasteiger charge is 2.51. The fourth-order valence-corrected chi connectivity index (χ4v) is 6.27. The lowest BCUT2D eigenvalue weighted by Crippen LogP contribution is -2.26. The van der Waals surface area contributed by atoms with Crippen LogP contribution in [0.4, 0.5) is 0 Å². The third-order valence-corrected chi connectivity index (χ3v) is 8.33. The van der Waals surface area contributed by atoms with Crippen LogP contribution in [0.2, 0.25) is 0 Å². The van der Waals surface area contributed by atoms with Crippen LogP contribution in [-0.4, -0.2) is 53.7 Å². The van der Waals surface area contributed by atoms with Crippen LogP contribution in [0.15, 0.2) is 120 Å². The molecule has 6 aliphatic rings. The lowest BCUT2D eigenvalue weighted by molar-refractivity contribution is -0.146. The number of hydrogen-bond acceptors (Lipinski definition) is 10. The molecule has 0 amide bonds. The van der Waals surface area contributed by atoms with Gasteiger partial charge in [-0.3, -0.25) is 14.4 Å². The molecular formula is C34H31N4O6. The molecular weight excluding hydrogens is 560 g/mol. The molecule has 0 aromatic carbocycles. The average molecular weight is 592 g/mol. The van der Waals surface area contributed by atoms with Gasteiger partial charge in [-0.2, -0.15) is 0 Å². The standard InChI is InChI=1S/C34H31N4O6/c1-6-18-10-20-12-21-11-19(8-9-44-17(4)40)31(36-21)29-30(34(42)43-5)33(41)28-16(3)24(38-32(28)29)13-26-22(7-2)23(15-39)27(37-26)14-25(18)35-20/h6,10-15,19,30,36,39H,1,7-9H2,2-5H3/b21-12?,23-15+,24-13?,25-14?,31-29?/t19-,30?/m0/s1. The Morgan fingerprint density at radius 3 is 2.61 bits per heavy atom. The number of hydrogen-bond donors (Lipinski definition) is 2. The van der Waals surface area contributed by atoms with E-state index < -0.39 is 17.9 Å². The number of ketones is 1. The summed E-state index contributed by atoms with van der Waals surface area (Å²) in [4.78, 5) is 53.2. The van der Waals surface area contributed by atoms with Crippen molar-refractivity contribution in [3.05, 3.63) is 112 Å². The van der Waals surface area contributed by atoms with Gasteiger partial charge in [0.2, 0.25) is 0 Å². The summed E-state index contributed by atoms with van der Waals surface area (Å²) in [5, 5.41) is 13.7. The third kappa shape index (κ3) is 4.67. The van der Waals surface area contributed by atoms with E-state index in [1.807, 2.05) is 31.6 Å². The Bertz CT molecular complexity index is 1800. The van der Waals surface area contributed by atoms with Gasteiger partial charge in [-0.15, -0.1) is 0 Å². The molecule has 2 atom stereocenters. The summed E-state index contributed by atoms with van der Waals surface area (Å²) in [7, 11) is 1.25. The SMILES string of the molecule is C=CC1=CC2=NC1=CC1=NC(=C(CC)/C1=C\O)C=C1N=C3C(=C1C)C(=O)C(C(=O)OC)C3=C1NC(=C2)[CH][C@@H]1CCOC(C)=O. The smallest absolute Gasteiger partial charge is 0.321 e. The summed E-state index contributed by atoms with van der Waals surface area (Å²) < 4.78 is 10.4. The molecule has 0 aromatic rings. The maximum absolute atomic E-state index is 13.9. The molecule has 0 aromatic heterocycles. The second-order valence-corrected chi connectivity index (χ2v) is 10.9. The van der Waals surface area contributed by atoms with Crippen molar-refractivity contribution in [1.29, 1.82) is 0 Å². The molecule has 5 heterocycles. The number of carbonyl (C=O) groups excluding carboxylic acids is 3. The van der Waals surface area contributed by atoms with Gasteiger partial charge in [-0.25, -0.2) is 15.0 Å². The maximum atomic E-state index is 13.9. The molecule has 1 saturated carbocycles. The quantitative estimate of drug-likeness (QED) is 0.262. The number of carbonyl (C=O) groups is 3.